The van der Waals surface area contributed by atoms with Crippen LogP contribution < -0.4 is 5.32 Å². The van der Waals surface area contributed by atoms with E-state index in [9.17, 15) is 0 Å². The molecule has 0 aliphatic heterocycles. The second-order valence-corrected chi connectivity index (χ2v) is 6.39. The molecule has 1 atom stereocenters. The van der Waals surface area contributed by atoms with E-state index in [1.165, 1.54) is 74.5 Å². The zero-order chi connectivity index (χ0) is 15.5. The van der Waals surface area contributed by atoms with E-state index in [0.29, 0.717) is 6.04 Å². The van der Waals surface area contributed by atoms with Crippen LogP contribution in [0.3, 0.4) is 0 Å². The molecule has 1 rings (SSSR count). The first-order valence-electron chi connectivity index (χ1n) is 8.94. The first kappa shape index (κ1) is 18.2. The summed E-state index contributed by atoms with van der Waals surface area (Å²) < 4.78 is 0. The van der Waals surface area contributed by atoms with Gasteiger partial charge in [0.05, 0.1) is 0 Å². The minimum Gasteiger partial charge on any atom is -0.313 e. The summed E-state index contributed by atoms with van der Waals surface area (Å²) in [5.41, 5.74) is 4.35. The first-order valence-corrected chi connectivity index (χ1v) is 8.94. The van der Waals surface area contributed by atoms with Gasteiger partial charge < -0.3 is 5.32 Å². The number of nitrogens with one attached hydrogen (secondary N) is 1. The minimum atomic E-state index is 0.519. The molecule has 1 heteroatoms. The molecule has 0 aliphatic rings. The molecule has 0 spiro atoms. The predicted molar refractivity (Wildman–Crippen MR) is 94.9 cm³/mol. The van der Waals surface area contributed by atoms with Crippen molar-refractivity contribution in [2.75, 3.05) is 7.05 Å². The lowest BCUT2D eigenvalue weighted by atomic mass is 9.94. The Kier molecular flexibility index (Phi) is 9.41. The van der Waals surface area contributed by atoms with Gasteiger partial charge in [-0.05, 0) is 44.0 Å². The summed E-state index contributed by atoms with van der Waals surface area (Å²) in [6, 6.07) is 7.20. The smallest absolute Gasteiger partial charge is 0.0320 e. The number of hydrogen-bond donors (Lipinski definition) is 1. The van der Waals surface area contributed by atoms with Crippen molar-refractivity contribution in [3.63, 3.8) is 0 Å². The van der Waals surface area contributed by atoms with Crippen molar-refractivity contribution in [2.45, 2.75) is 84.6 Å². The van der Waals surface area contributed by atoms with Crippen molar-refractivity contribution in [1.29, 1.82) is 0 Å². The van der Waals surface area contributed by atoms with Crippen molar-refractivity contribution >= 4 is 0 Å². The van der Waals surface area contributed by atoms with Crippen LogP contribution in [0.15, 0.2) is 18.2 Å². The second-order valence-electron chi connectivity index (χ2n) is 6.39. The van der Waals surface area contributed by atoms with E-state index in [1.54, 1.807) is 0 Å². The summed E-state index contributed by atoms with van der Waals surface area (Å²) in [7, 11) is 2.09. The summed E-state index contributed by atoms with van der Waals surface area (Å²) in [5.74, 6) is 0. The molecule has 1 aromatic rings. The highest BCUT2D eigenvalue weighted by Gasteiger charge is 2.12. The average Bonchev–Trinajstić information content (AvgIpc) is 2.49. The van der Waals surface area contributed by atoms with E-state index in [-0.39, 0.29) is 0 Å². The fourth-order valence-corrected chi connectivity index (χ4v) is 3.09. The molecular formula is C20H35N. The van der Waals surface area contributed by atoms with Crippen LogP contribution in [-0.2, 0) is 0 Å². The number of hydrogen-bond acceptors (Lipinski definition) is 1. The van der Waals surface area contributed by atoms with Gasteiger partial charge in [-0.15, -0.1) is 0 Å². The quantitative estimate of drug-likeness (QED) is 0.486. The zero-order valence-corrected chi connectivity index (χ0v) is 14.7. The molecule has 0 amide bonds. The molecule has 0 radical (unpaired) electrons. The number of unbranched alkanes of at least 4 members (excludes halogenated alkanes) is 7. The standard InChI is InChI=1S/C20H35N/c1-5-6-7-8-9-10-11-12-16-20(21-4)19-15-13-14-17(2)18(19)3/h13-15,20-21H,5-12,16H2,1-4H3. The Labute approximate surface area is 132 Å². The van der Waals surface area contributed by atoms with Gasteiger partial charge in [0.25, 0.3) is 0 Å². The highest BCUT2D eigenvalue weighted by Crippen LogP contribution is 2.25. The molecule has 1 N–H and O–H groups in total. The molecular weight excluding hydrogens is 254 g/mol. The molecule has 0 fully saturated rings. The topological polar surface area (TPSA) is 12.0 Å². The Morgan fingerprint density at radius 1 is 0.905 bits per heavy atom. The Morgan fingerprint density at radius 2 is 1.52 bits per heavy atom. The van der Waals surface area contributed by atoms with Gasteiger partial charge in [0.15, 0.2) is 0 Å². The molecule has 0 heterocycles. The van der Waals surface area contributed by atoms with Crippen molar-refractivity contribution in [3.8, 4) is 0 Å². The SMILES string of the molecule is CCCCCCCCCCC(NC)c1cccc(C)c1C. The van der Waals surface area contributed by atoms with Gasteiger partial charge in [-0.2, -0.15) is 0 Å². The van der Waals surface area contributed by atoms with Crippen LogP contribution in [0.4, 0.5) is 0 Å². The van der Waals surface area contributed by atoms with Crippen molar-refractivity contribution in [1.82, 2.24) is 5.32 Å². The zero-order valence-electron chi connectivity index (χ0n) is 14.7. The Bertz CT molecular complexity index is 383. The van der Waals surface area contributed by atoms with Gasteiger partial charge in [-0.1, -0.05) is 76.5 Å². The van der Waals surface area contributed by atoms with Crippen LogP contribution >= 0.6 is 0 Å². The van der Waals surface area contributed by atoms with Crippen LogP contribution in [0.5, 0.6) is 0 Å². The van der Waals surface area contributed by atoms with Gasteiger partial charge >= 0.3 is 0 Å². The second kappa shape index (κ2) is 10.8. The summed E-state index contributed by atoms with van der Waals surface area (Å²) in [6.07, 6.45) is 12.4. The van der Waals surface area contributed by atoms with E-state index >= 15 is 0 Å². The van der Waals surface area contributed by atoms with E-state index in [2.05, 4.69) is 51.3 Å². The van der Waals surface area contributed by atoms with Crippen LogP contribution in [0, 0.1) is 13.8 Å². The van der Waals surface area contributed by atoms with E-state index < -0.39 is 0 Å². The van der Waals surface area contributed by atoms with Crippen molar-refractivity contribution in [3.05, 3.63) is 34.9 Å². The minimum absolute atomic E-state index is 0.519. The van der Waals surface area contributed by atoms with Crippen LogP contribution in [0.1, 0.15) is 87.4 Å². The highest BCUT2D eigenvalue weighted by atomic mass is 14.9. The third-order valence-corrected chi connectivity index (χ3v) is 4.72. The predicted octanol–water partition coefficient (Wildman–Crippen LogP) is 6.09. The largest absolute Gasteiger partial charge is 0.313 e. The maximum absolute atomic E-state index is 3.51. The maximum atomic E-state index is 3.51. The molecule has 0 saturated heterocycles. The Balaban J connectivity index is 2.27. The number of rotatable bonds is 11. The van der Waals surface area contributed by atoms with Gasteiger partial charge in [-0.25, -0.2) is 0 Å². The van der Waals surface area contributed by atoms with Gasteiger partial charge in [0.2, 0.25) is 0 Å². The fourth-order valence-electron chi connectivity index (χ4n) is 3.09. The maximum Gasteiger partial charge on any atom is 0.0320 e. The van der Waals surface area contributed by atoms with Gasteiger partial charge in [-0.3, -0.25) is 0 Å². The molecule has 1 unspecified atom stereocenters. The lowest BCUT2D eigenvalue weighted by Gasteiger charge is -2.20. The Morgan fingerprint density at radius 3 is 2.14 bits per heavy atom. The van der Waals surface area contributed by atoms with Gasteiger partial charge in [0, 0.05) is 6.04 Å². The lowest BCUT2D eigenvalue weighted by Crippen LogP contribution is -2.17. The average molecular weight is 290 g/mol. The third-order valence-electron chi connectivity index (χ3n) is 4.72. The molecule has 21 heavy (non-hydrogen) atoms. The monoisotopic (exact) mass is 289 g/mol. The molecule has 0 aliphatic carbocycles. The highest BCUT2D eigenvalue weighted by molar-refractivity contribution is 5.35. The molecule has 1 nitrogen and oxygen atoms in total. The van der Waals surface area contributed by atoms with Gasteiger partial charge in [0.1, 0.15) is 0 Å². The van der Waals surface area contributed by atoms with Crippen LogP contribution in [0.25, 0.3) is 0 Å². The Hall–Kier alpha value is -0.820. The van der Waals surface area contributed by atoms with Crippen LogP contribution in [0.2, 0.25) is 0 Å². The number of aryl methyl sites for hydroxylation is 1. The third kappa shape index (κ3) is 6.65. The summed E-state index contributed by atoms with van der Waals surface area (Å²) in [5, 5.41) is 3.51. The molecule has 120 valence electrons. The van der Waals surface area contributed by atoms with E-state index in [4.69, 9.17) is 0 Å². The summed E-state index contributed by atoms with van der Waals surface area (Å²) in [4.78, 5) is 0. The van der Waals surface area contributed by atoms with Crippen molar-refractivity contribution in [2.24, 2.45) is 0 Å². The molecule has 0 aromatic heterocycles. The lowest BCUT2D eigenvalue weighted by molar-refractivity contribution is 0.493. The van der Waals surface area contributed by atoms with Crippen molar-refractivity contribution < 1.29 is 0 Å². The number of benzene rings is 1. The fraction of sp³-hybridized carbons (Fsp3) is 0.700. The molecule has 0 saturated carbocycles. The first-order chi connectivity index (χ1) is 10.2. The van der Waals surface area contributed by atoms with Crippen LogP contribution in [-0.4, -0.2) is 7.05 Å². The summed E-state index contributed by atoms with van der Waals surface area (Å²) >= 11 is 0. The molecule has 0 bridgehead atoms. The normalized spacial score (nSPS) is 12.6. The van der Waals surface area contributed by atoms with E-state index in [0.717, 1.165) is 0 Å². The summed E-state index contributed by atoms with van der Waals surface area (Å²) in [6.45, 7) is 6.75. The van der Waals surface area contributed by atoms with E-state index in [1.807, 2.05) is 0 Å². The molecule has 1 aromatic carbocycles.